The predicted octanol–water partition coefficient (Wildman–Crippen LogP) is 3.19. The molecule has 2 N–H and O–H groups in total. The summed E-state index contributed by atoms with van der Waals surface area (Å²) >= 11 is 6.01. The van der Waals surface area contributed by atoms with Gasteiger partial charge in [-0.1, -0.05) is 29.8 Å². The van der Waals surface area contributed by atoms with E-state index in [4.69, 9.17) is 16.3 Å². The Kier molecular flexibility index (Phi) is 10.1. The Morgan fingerprint density at radius 3 is 2.41 bits per heavy atom. The first-order valence-corrected chi connectivity index (χ1v) is 10.7. The van der Waals surface area contributed by atoms with E-state index >= 15 is 0 Å². The summed E-state index contributed by atoms with van der Waals surface area (Å²) in [6.45, 7) is 4.13. The lowest BCUT2D eigenvalue weighted by molar-refractivity contribution is -0.142. The molecular weight excluding hydrogens is 432 g/mol. The molecule has 0 saturated carbocycles. The van der Waals surface area contributed by atoms with Crippen molar-refractivity contribution in [2.24, 2.45) is 0 Å². The number of aromatic nitrogens is 1. The third kappa shape index (κ3) is 7.94. The Morgan fingerprint density at radius 2 is 1.81 bits per heavy atom. The number of pyridine rings is 1. The zero-order valence-electron chi connectivity index (χ0n) is 18.5. The summed E-state index contributed by atoms with van der Waals surface area (Å²) in [5.74, 6) is -0.572. The van der Waals surface area contributed by atoms with Crippen LogP contribution in [-0.4, -0.2) is 53.9 Å². The molecule has 172 valence electrons. The lowest BCUT2D eigenvalue weighted by atomic mass is 10.0. The number of rotatable bonds is 11. The van der Waals surface area contributed by atoms with Crippen LogP contribution in [0.2, 0.25) is 5.02 Å². The van der Waals surface area contributed by atoms with E-state index < -0.39 is 6.04 Å². The van der Waals surface area contributed by atoms with Gasteiger partial charge in [0.2, 0.25) is 17.7 Å². The molecule has 0 aliphatic carbocycles. The van der Waals surface area contributed by atoms with E-state index in [2.05, 4.69) is 15.6 Å². The van der Waals surface area contributed by atoms with E-state index in [-0.39, 0.29) is 49.8 Å². The first-order chi connectivity index (χ1) is 15.3. The van der Waals surface area contributed by atoms with Crippen LogP contribution in [0.5, 0.6) is 0 Å². The summed E-state index contributed by atoms with van der Waals surface area (Å²) in [5.41, 5.74) is 0.620. The van der Waals surface area contributed by atoms with Crippen LogP contribution < -0.4 is 10.6 Å². The Hall–Kier alpha value is -2.97. The Labute approximate surface area is 193 Å². The molecule has 0 unspecified atom stereocenters. The fraction of sp³-hybridized carbons (Fsp3) is 0.391. The highest BCUT2D eigenvalue weighted by Gasteiger charge is 2.31. The molecule has 3 amide bonds. The van der Waals surface area contributed by atoms with Gasteiger partial charge in [0.1, 0.15) is 11.9 Å². The van der Waals surface area contributed by atoms with E-state index in [1.54, 1.807) is 48.7 Å². The molecule has 0 aliphatic heterocycles. The van der Waals surface area contributed by atoms with Crippen LogP contribution in [-0.2, 0) is 19.1 Å². The van der Waals surface area contributed by atoms with Crippen molar-refractivity contribution >= 4 is 35.1 Å². The third-order valence-electron chi connectivity index (χ3n) is 4.53. The number of hydrogen-bond donors (Lipinski definition) is 2. The molecule has 1 aromatic heterocycles. The van der Waals surface area contributed by atoms with E-state index in [9.17, 15) is 14.4 Å². The van der Waals surface area contributed by atoms with Crippen LogP contribution in [0, 0.1) is 0 Å². The Morgan fingerprint density at radius 1 is 1.09 bits per heavy atom. The van der Waals surface area contributed by atoms with Gasteiger partial charge in [-0.15, -0.1) is 0 Å². The SMILES string of the molecule is COCCN(C(=O)CCC(=O)Nc1ccccn1)[C@H](C(=O)NC(C)C)c1ccc(Cl)cc1. The monoisotopic (exact) mass is 460 g/mol. The maximum absolute atomic E-state index is 13.1. The maximum Gasteiger partial charge on any atom is 0.247 e. The van der Waals surface area contributed by atoms with Crippen molar-refractivity contribution in [2.45, 2.75) is 38.8 Å². The number of nitrogens with one attached hydrogen (secondary N) is 2. The smallest absolute Gasteiger partial charge is 0.247 e. The number of carbonyl (C=O) groups excluding carboxylic acids is 3. The van der Waals surface area contributed by atoms with Crippen LogP contribution in [0.4, 0.5) is 5.82 Å². The van der Waals surface area contributed by atoms with Gasteiger partial charge in [0.05, 0.1) is 6.61 Å². The number of halogens is 1. The number of benzene rings is 1. The van der Waals surface area contributed by atoms with Gasteiger partial charge in [0.15, 0.2) is 0 Å². The predicted molar refractivity (Wildman–Crippen MR) is 123 cm³/mol. The van der Waals surface area contributed by atoms with Crippen molar-refractivity contribution in [1.82, 2.24) is 15.2 Å². The minimum Gasteiger partial charge on any atom is -0.383 e. The zero-order valence-corrected chi connectivity index (χ0v) is 19.3. The molecular formula is C23H29ClN4O4. The summed E-state index contributed by atoms with van der Waals surface area (Å²) in [6.07, 6.45) is 1.46. The van der Waals surface area contributed by atoms with E-state index in [0.717, 1.165) is 0 Å². The Balaban J connectivity index is 2.19. The zero-order chi connectivity index (χ0) is 23.5. The maximum atomic E-state index is 13.1. The molecule has 0 spiro atoms. The highest BCUT2D eigenvalue weighted by Crippen LogP contribution is 2.24. The minimum atomic E-state index is -0.879. The van der Waals surface area contributed by atoms with Gasteiger partial charge < -0.3 is 20.3 Å². The van der Waals surface area contributed by atoms with Gasteiger partial charge in [0.25, 0.3) is 0 Å². The molecule has 0 fully saturated rings. The first kappa shape index (κ1) is 25.3. The second-order valence-corrected chi connectivity index (χ2v) is 7.90. The number of ether oxygens (including phenoxy) is 1. The third-order valence-corrected chi connectivity index (χ3v) is 4.78. The average Bonchev–Trinajstić information content (AvgIpc) is 2.76. The lowest BCUT2D eigenvalue weighted by Gasteiger charge is -2.32. The Bertz CT molecular complexity index is 891. The van der Waals surface area contributed by atoms with Crippen molar-refractivity contribution in [2.75, 3.05) is 25.6 Å². The molecule has 2 aromatic rings. The number of methoxy groups -OCH3 is 1. The number of anilines is 1. The molecule has 32 heavy (non-hydrogen) atoms. The summed E-state index contributed by atoms with van der Waals surface area (Å²) in [4.78, 5) is 44.0. The van der Waals surface area contributed by atoms with Gasteiger partial charge in [-0.2, -0.15) is 0 Å². The average molecular weight is 461 g/mol. The molecule has 1 aromatic carbocycles. The first-order valence-electron chi connectivity index (χ1n) is 10.4. The van der Waals surface area contributed by atoms with Crippen molar-refractivity contribution in [1.29, 1.82) is 0 Å². The number of carbonyl (C=O) groups is 3. The number of nitrogens with zero attached hydrogens (tertiary/aromatic N) is 2. The van der Waals surface area contributed by atoms with Gasteiger partial charge in [-0.3, -0.25) is 14.4 Å². The fourth-order valence-corrected chi connectivity index (χ4v) is 3.20. The topological polar surface area (TPSA) is 101 Å². The number of hydrogen-bond acceptors (Lipinski definition) is 5. The number of amides is 3. The summed E-state index contributed by atoms with van der Waals surface area (Å²) < 4.78 is 5.16. The van der Waals surface area contributed by atoms with Gasteiger partial charge in [0, 0.05) is 43.8 Å². The summed E-state index contributed by atoms with van der Waals surface area (Å²) in [5, 5.41) is 6.05. The molecule has 0 aliphatic rings. The summed E-state index contributed by atoms with van der Waals surface area (Å²) in [6, 6.07) is 10.9. The van der Waals surface area contributed by atoms with Crippen LogP contribution in [0.1, 0.15) is 38.3 Å². The van der Waals surface area contributed by atoms with E-state index in [1.165, 1.54) is 12.0 Å². The molecule has 8 nitrogen and oxygen atoms in total. The van der Waals surface area contributed by atoms with Crippen LogP contribution in [0.25, 0.3) is 0 Å². The quantitative estimate of drug-likeness (QED) is 0.536. The fourth-order valence-electron chi connectivity index (χ4n) is 3.07. The normalized spacial score (nSPS) is 11.7. The van der Waals surface area contributed by atoms with Crippen molar-refractivity contribution in [3.8, 4) is 0 Å². The molecule has 0 saturated heterocycles. The summed E-state index contributed by atoms with van der Waals surface area (Å²) in [7, 11) is 1.52. The van der Waals surface area contributed by atoms with Gasteiger partial charge in [-0.05, 0) is 43.7 Å². The van der Waals surface area contributed by atoms with Crippen molar-refractivity contribution in [3.05, 3.63) is 59.2 Å². The largest absolute Gasteiger partial charge is 0.383 e. The van der Waals surface area contributed by atoms with E-state index in [0.29, 0.717) is 16.4 Å². The van der Waals surface area contributed by atoms with Gasteiger partial charge >= 0.3 is 0 Å². The highest BCUT2D eigenvalue weighted by molar-refractivity contribution is 6.30. The molecule has 1 heterocycles. The molecule has 9 heteroatoms. The standard InChI is InChI=1S/C23H29ClN4O4/c1-16(2)26-23(31)22(17-7-9-18(24)10-8-17)28(14-15-32-3)21(30)12-11-20(29)27-19-6-4-5-13-25-19/h4-10,13,16,22H,11-12,14-15H2,1-3H3,(H,26,31)(H,25,27,29)/t22-/m0/s1. The van der Waals surface area contributed by atoms with Crippen LogP contribution in [0.15, 0.2) is 48.7 Å². The molecule has 1 atom stereocenters. The van der Waals surface area contributed by atoms with Crippen LogP contribution in [0.3, 0.4) is 0 Å². The van der Waals surface area contributed by atoms with Crippen LogP contribution >= 0.6 is 11.6 Å². The second-order valence-electron chi connectivity index (χ2n) is 7.46. The molecule has 2 rings (SSSR count). The van der Waals surface area contributed by atoms with E-state index in [1.807, 2.05) is 13.8 Å². The second kappa shape index (κ2) is 12.8. The van der Waals surface area contributed by atoms with Crippen molar-refractivity contribution in [3.63, 3.8) is 0 Å². The molecule has 0 bridgehead atoms. The minimum absolute atomic E-state index is 0.0436. The van der Waals surface area contributed by atoms with Crippen molar-refractivity contribution < 1.29 is 19.1 Å². The van der Waals surface area contributed by atoms with Gasteiger partial charge in [-0.25, -0.2) is 4.98 Å². The highest BCUT2D eigenvalue weighted by atomic mass is 35.5. The lowest BCUT2D eigenvalue weighted by Crippen LogP contribution is -2.46. The molecule has 0 radical (unpaired) electrons.